The predicted molar refractivity (Wildman–Crippen MR) is 127 cm³/mol. The number of amides is 1. The molecule has 6 nitrogen and oxygen atoms in total. The number of carbonyl (C=O) groups excluding carboxylic acids is 2. The lowest BCUT2D eigenvalue weighted by atomic mass is 10.0. The van der Waals surface area contributed by atoms with Crippen molar-refractivity contribution in [2.24, 2.45) is 0 Å². The van der Waals surface area contributed by atoms with E-state index in [1.165, 1.54) is 18.4 Å². The molecule has 3 aromatic rings. The molecular weight excluding hydrogens is 450 g/mol. The second kappa shape index (κ2) is 10.5. The van der Waals surface area contributed by atoms with E-state index in [2.05, 4.69) is 5.32 Å². The van der Waals surface area contributed by atoms with Crippen LogP contribution in [0.5, 0.6) is 11.5 Å². The molecule has 0 aliphatic rings. The van der Waals surface area contributed by atoms with Crippen LogP contribution in [0.2, 0.25) is 5.02 Å². The maximum atomic E-state index is 12.6. The Morgan fingerprint density at radius 3 is 2.41 bits per heavy atom. The molecule has 0 unspecified atom stereocenters. The zero-order valence-corrected chi connectivity index (χ0v) is 19.9. The van der Waals surface area contributed by atoms with E-state index < -0.39 is 5.97 Å². The van der Waals surface area contributed by atoms with E-state index in [1.54, 1.807) is 18.2 Å². The molecule has 168 valence electrons. The number of benzene rings is 2. The number of methoxy groups -OCH3 is 1. The van der Waals surface area contributed by atoms with Gasteiger partial charge in [0.25, 0.3) is 5.91 Å². The van der Waals surface area contributed by atoms with Crippen LogP contribution < -0.4 is 14.8 Å². The molecule has 0 saturated carbocycles. The van der Waals surface area contributed by atoms with Gasteiger partial charge in [-0.2, -0.15) is 0 Å². The standard InChI is InChI=1S/C24H24ClNO5S/c1-5-30-18-9-6-16(7-10-18)21-15(3)32-23(22(21)24(28)29-4)26-20(27)13-31-19-11-8-17(25)12-14(19)2/h6-12H,5,13H2,1-4H3,(H,26,27). The molecule has 0 aliphatic heterocycles. The Morgan fingerprint density at radius 1 is 1.06 bits per heavy atom. The number of esters is 1. The maximum Gasteiger partial charge on any atom is 0.341 e. The van der Waals surface area contributed by atoms with Crippen LogP contribution in [0, 0.1) is 13.8 Å². The third-order valence-electron chi connectivity index (χ3n) is 4.68. The second-order valence-electron chi connectivity index (χ2n) is 6.93. The van der Waals surface area contributed by atoms with Crippen molar-refractivity contribution >= 4 is 39.8 Å². The van der Waals surface area contributed by atoms with E-state index in [0.29, 0.717) is 27.9 Å². The lowest BCUT2D eigenvalue weighted by Gasteiger charge is -2.11. The summed E-state index contributed by atoms with van der Waals surface area (Å²) in [4.78, 5) is 26.1. The van der Waals surface area contributed by atoms with Gasteiger partial charge in [0.2, 0.25) is 0 Å². The third kappa shape index (κ3) is 5.41. The van der Waals surface area contributed by atoms with Crippen LogP contribution >= 0.6 is 22.9 Å². The molecule has 0 saturated heterocycles. The van der Waals surface area contributed by atoms with Crippen molar-refractivity contribution in [2.45, 2.75) is 20.8 Å². The van der Waals surface area contributed by atoms with Crippen molar-refractivity contribution < 1.29 is 23.8 Å². The zero-order valence-electron chi connectivity index (χ0n) is 18.3. The smallest absolute Gasteiger partial charge is 0.341 e. The van der Waals surface area contributed by atoms with E-state index in [-0.39, 0.29) is 12.5 Å². The largest absolute Gasteiger partial charge is 0.494 e. The van der Waals surface area contributed by atoms with Crippen LogP contribution in [0.3, 0.4) is 0 Å². The van der Waals surface area contributed by atoms with Gasteiger partial charge in [-0.15, -0.1) is 11.3 Å². The van der Waals surface area contributed by atoms with Crippen molar-refractivity contribution in [2.75, 3.05) is 25.6 Å². The minimum Gasteiger partial charge on any atom is -0.494 e. The summed E-state index contributed by atoms with van der Waals surface area (Å²) >= 11 is 7.27. The summed E-state index contributed by atoms with van der Waals surface area (Å²) in [5.41, 5.74) is 2.69. The Labute approximate surface area is 196 Å². The summed E-state index contributed by atoms with van der Waals surface area (Å²) in [6.45, 7) is 6.02. The van der Waals surface area contributed by atoms with Crippen molar-refractivity contribution in [3.05, 3.63) is 63.5 Å². The molecule has 0 aliphatic carbocycles. The van der Waals surface area contributed by atoms with E-state index in [4.69, 9.17) is 25.8 Å². The first-order valence-electron chi connectivity index (χ1n) is 9.97. The summed E-state index contributed by atoms with van der Waals surface area (Å²) in [7, 11) is 1.31. The average molecular weight is 474 g/mol. The monoisotopic (exact) mass is 473 g/mol. The Hall–Kier alpha value is -3.03. The molecule has 32 heavy (non-hydrogen) atoms. The number of carbonyl (C=O) groups is 2. The highest BCUT2D eigenvalue weighted by molar-refractivity contribution is 7.17. The maximum absolute atomic E-state index is 12.6. The van der Waals surface area contributed by atoms with Crippen LogP contribution in [-0.2, 0) is 9.53 Å². The molecule has 8 heteroatoms. The van der Waals surface area contributed by atoms with Crippen LogP contribution in [-0.4, -0.2) is 32.2 Å². The van der Waals surface area contributed by atoms with Crippen LogP contribution in [0.1, 0.15) is 27.7 Å². The molecule has 1 amide bonds. The number of hydrogen-bond donors (Lipinski definition) is 1. The number of aryl methyl sites for hydroxylation is 2. The Bertz CT molecular complexity index is 1120. The van der Waals surface area contributed by atoms with Gasteiger partial charge in [-0.3, -0.25) is 4.79 Å². The molecule has 1 N–H and O–H groups in total. The van der Waals surface area contributed by atoms with Crippen molar-refractivity contribution in [3.8, 4) is 22.6 Å². The number of ether oxygens (including phenoxy) is 3. The number of thiophene rings is 1. The van der Waals surface area contributed by atoms with Gasteiger partial charge < -0.3 is 19.5 Å². The molecule has 0 fully saturated rings. The number of halogens is 1. The van der Waals surface area contributed by atoms with Gasteiger partial charge in [-0.25, -0.2) is 4.79 Å². The fourth-order valence-corrected chi connectivity index (χ4v) is 4.55. The molecule has 1 aromatic heterocycles. The van der Waals surface area contributed by atoms with E-state index in [1.807, 2.05) is 45.0 Å². The molecule has 3 rings (SSSR count). The Balaban J connectivity index is 1.83. The highest BCUT2D eigenvalue weighted by Crippen LogP contribution is 2.40. The van der Waals surface area contributed by atoms with Crippen molar-refractivity contribution in [3.63, 3.8) is 0 Å². The second-order valence-corrected chi connectivity index (χ2v) is 8.59. The summed E-state index contributed by atoms with van der Waals surface area (Å²) in [5.74, 6) is 0.397. The normalized spacial score (nSPS) is 10.5. The van der Waals surface area contributed by atoms with Crippen LogP contribution in [0.25, 0.3) is 11.1 Å². The van der Waals surface area contributed by atoms with Crippen LogP contribution in [0.15, 0.2) is 42.5 Å². The first-order chi connectivity index (χ1) is 15.3. The van der Waals surface area contributed by atoms with Gasteiger partial charge >= 0.3 is 5.97 Å². The Kier molecular flexibility index (Phi) is 7.77. The summed E-state index contributed by atoms with van der Waals surface area (Å²) < 4.78 is 16.1. The molecule has 0 atom stereocenters. The predicted octanol–water partition coefficient (Wildman–Crippen LogP) is 5.89. The molecular formula is C24H24ClNO5S. The lowest BCUT2D eigenvalue weighted by Crippen LogP contribution is -2.21. The van der Waals surface area contributed by atoms with E-state index in [0.717, 1.165) is 27.3 Å². The number of nitrogens with one attached hydrogen (secondary N) is 1. The minimum atomic E-state index is -0.525. The highest BCUT2D eigenvalue weighted by atomic mass is 35.5. The molecule has 0 bridgehead atoms. The van der Waals surface area contributed by atoms with E-state index >= 15 is 0 Å². The first kappa shape index (κ1) is 23.6. The van der Waals surface area contributed by atoms with Gasteiger partial charge in [0.1, 0.15) is 22.1 Å². The SMILES string of the molecule is CCOc1ccc(-c2c(C)sc(NC(=O)COc3ccc(Cl)cc3C)c2C(=O)OC)cc1. The van der Waals surface area contributed by atoms with Gasteiger partial charge in [-0.05, 0) is 62.2 Å². The minimum absolute atomic E-state index is 0.210. The number of anilines is 1. The van der Waals surface area contributed by atoms with Gasteiger partial charge in [0.05, 0.1) is 13.7 Å². The quantitative estimate of drug-likeness (QED) is 0.413. The van der Waals surface area contributed by atoms with Crippen molar-refractivity contribution in [1.82, 2.24) is 0 Å². The fourth-order valence-electron chi connectivity index (χ4n) is 3.24. The van der Waals surface area contributed by atoms with Gasteiger partial charge in [0.15, 0.2) is 6.61 Å². The molecule has 1 heterocycles. The summed E-state index contributed by atoms with van der Waals surface area (Å²) in [6, 6.07) is 12.6. The molecule has 0 spiro atoms. The highest BCUT2D eigenvalue weighted by Gasteiger charge is 2.25. The third-order valence-corrected chi connectivity index (χ3v) is 5.93. The zero-order chi connectivity index (χ0) is 23.3. The molecule has 2 aromatic carbocycles. The summed E-state index contributed by atoms with van der Waals surface area (Å²) in [6.07, 6.45) is 0. The number of rotatable bonds is 8. The summed E-state index contributed by atoms with van der Waals surface area (Å²) in [5, 5.41) is 3.80. The van der Waals surface area contributed by atoms with Crippen molar-refractivity contribution in [1.29, 1.82) is 0 Å². The molecule has 0 radical (unpaired) electrons. The lowest BCUT2D eigenvalue weighted by molar-refractivity contribution is -0.118. The average Bonchev–Trinajstić information content (AvgIpc) is 3.08. The van der Waals surface area contributed by atoms with Crippen LogP contribution in [0.4, 0.5) is 5.00 Å². The van der Waals surface area contributed by atoms with E-state index in [9.17, 15) is 9.59 Å². The fraction of sp³-hybridized carbons (Fsp3) is 0.250. The first-order valence-corrected chi connectivity index (χ1v) is 11.2. The van der Waals surface area contributed by atoms with Gasteiger partial charge in [0, 0.05) is 15.5 Å². The Morgan fingerprint density at radius 2 is 1.78 bits per heavy atom. The number of hydrogen-bond acceptors (Lipinski definition) is 6. The van der Waals surface area contributed by atoms with Gasteiger partial charge in [-0.1, -0.05) is 23.7 Å². The topological polar surface area (TPSA) is 73.9 Å².